The Labute approximate surface area is 110 Å². The van der Waals surface area contributed by atoms with E-state index in [2.05, 4.69) is 40.5 Å². The number of likely N-dealkylation sites (tertiary alicyclic amines) is 1. The van der Waals surface area contributed by atoms with Crippen molar-refractivity contribution >= 4 is 0 Å². The Balaban J connectivity index is 2.01. The molecule has 0 aliphatic carbocycles. The van der Waals surface area contributed by atoms with Gasteiger partial charge in [0, 0.05) is 31.4 Å². The van der Waals surface area contributed by atoms with Gasteiger partial charge in [0.05, 0.1) is 12.0 Å². The Morgan fingerprint density at radius 1 is 1.50 bits per heavy atom. The molecule has 102 valence electrons. The maximum Gasteiger partial charge on any atom is 0.0951 e. The van der Waals surface area contributed by atoms with Crippen molar-refractivity contribution in [2.24, 2.45) is 0 Å². The normalized spacial score (nSPS) is 21.7. The molecule has 0 bridgehead atoms. The van der Waals surface area contributed by atoms with Crippen LogP contribution < -0.4 is 5.32 Å². The highest BCUT2D eigenvalue weighted by Crippen LogP contribution is 2.22. The molecule has 1 aliphatic heterocycles. The molecule has 2 heterocycles. The number of hydrogen-bond acceptors (Lipinski definition) is 3. The number of imidazole rings is 1. The van der Waals surface area contributed by atoms with Gasteiger partial charge in [-0.1, -0.05) is 20.8 Å². The SMILES string of the molecule is CCN1CCCC(n2cncc2CNC(C)C)C1. The van der Waals surface area contributed by atoms with Gasteiger partial charge in [0.25, 0.3) is 0 Å². The summed E-state index contributed by atoms with van der Waals surface area (Å²) in [5.74, 6) is 0. The Morgan fingerprint density at radius 2 is 2.33 bits per heavy atom. The molecule has 1 atom stereocenters. The Morgan fingerprint density at radius 3 is 3.06 bits per heavy atom. The first-order valence-electron chi connectivity index (χ1n) is 7.17. The molecule has 1 N–H and O–H groups in total. The molecule has 1 aromatic heterocycles. The predicted octanol–water partition coefficient (Wildman–Crippen LogP) is 2.04. The van der Waals surface area contributed by atoms with Gasteiger partial charge in [-0.05, 0) is 25.9 Å². The fraction of sp³-hybridized carbons (Fsp3) is 0.786. The lowest BCUT2D eigenvalue weighted by Gasteiger charge is -2.33. The molecular weight excluding hydrogens is 224 g/mol. The Kier molecular flexibility index (Phi) is 4.78. The van der Waals surface area contributed by atoms with Crippen LogP contribution in [0.4, 0.5) is 0 Å². The molecule has 0 aromatic carbocycles. The predicted molar refractivity (Wildman–Crippen MR) is 74.6 cm³/mol. The van der Waals surface area contributed by atoms with Crippen molar-refractivity contribution in [1.82, 2.24) is 19.8 Å². The highest BCUT2D eigenvalue weighted by molar-refractivity contribution is 5.01. The minimum absolute atomic E-state index is 0.520. The van der Waals surface area contributed by atoms with Crippen LogP contribution in [0.5, 0.6) is 0 Å². The molecule has 0 radical (unpaired) electrons. The van der Waals surface area contributed by atoms with Crippen LogP contribution >= 0.6 is 0 Å². The molecule has 1 aromatic rings. The number of rotatable bonds is 5. The molecule has 1 aliphatic rings. The zero-order chi connectivity index (χ0) is 13.0. The number of likely N-dealkylation sites (N-methyl/N-ethyl adjacent to an activating group) is 1. The van der Waals surface area contributed by atoms with E-state index in [4.69, 9.17) is 0 Å². The maximum atomic E-state index is 4.33. The molecular formula is C14H26N4. The second kappa shape index (κ2) is 6.34. The van der Waals surface area contributed by atoms with Crippen LogP contribution in [0.3, 0.4) is 0 Å². The first-order chi connectivity index (χ1) is 8.70. The van der Waals surface area contributed by atoms with Gasteiger partial charge in [-0.15, -0.1) is 0 Å². The lowest BCUT2D eigenvalue weighted by atomic mass is 10.1. The van der Waals surface area contributed by atoms with E-state index in [1.807, 2.05) is 12.5 Å². The molecule has 4 heteroatoms. The zero-order valence-electron chi connectivity index (χ0n) is 11.9. The van der Waals surface area contributed by atoms with Crippen LogP contribution in [0.15, 0.2) is 12.5 Å². The monoisotopic (exact) mass is 250 g/mol. The van der Waals surface area contributed by atoms with Crippen molar-refractivity contribution in [3.8, 4) is 0 Å². The Hall–Kier alpha value is -0.870. The second-order valence-corrected chi connectivity index (χ2v) is 5.52. The lowest BCUT2D eigenvalue weighted by molar-refractivity contribution is 0.183. The van der Waals surface area contributed by atoms with Crippen LogP contribution in [-0.4, -0.2) is 40.1 Å². The summed E-state index contributed by atoms with van der Waals surface area (Å²) in [5, 5.41) is 3.48. The summed E-state index contributed by atoms with van der Waals surface area (Å²) in [6.45, 7) is 11.1. The average molecular weight is 250 g/mol. The highest BCUT2D eigenvalue weighted by atomic mass is 15.2. The minimum atomic E-state index is 0.520. The number of nitrogens with zero attached hydrogens (tertiary/aromatic N) is 3. The maximum absolute atomic E-state index is 4.33. The van der Waals surface area contributed by atoms with E-state index >= 15 is 0 Å². The van der Waals surface area contributed by atoms with Gasteiger partial charge in [-0.2, -0.15) is 0 Å². The average Bonchev–Trinajstić information content (AvgIpc) is 2.84. The summed E-state index contributed by atoms with van der Waals surface area (Å²) >= 11 is 0. The van der Waals surface area contributed by atoms with E-state index in [-0.39, 0.29) is 0 Å². The summed E-state index contributed by atoms with van der Waals surface area (Å²) in [6, 6.07) is 1.12. The molecule has 18 heavy (non-hydrogen) atoms. The van der Waals surface area contributed by atoms with Gasteiger partial charge in [0.2, 0.25) is 0 Å². The quantitative estimate of drug-likeness (QED) is 0.868. The van der Waals surface area contributed by atoms with Crippen molar-refractivity contribution in [3.63, 3.8) is 0 Å². The first-order valence-corrected chi connectivity index (χ1v) is 7.17. The zero-order valence-corrected chi connectivity index (χ0v) is 11.9. The third kappa shape index (κ3) is 3.33. The van der Waals surface area contributed by atoms with Gasteiger partial charge in [0.1, 0.15) is 0 Å². The van der Waals surface area contributed by atoms with Crippen LogP contribution in [0.1, 0.15) is 45.3 Å². The van der Waals surface area contributed by atoms with Crippen molar-refractivity contribution < 1.29 is 0 Å². The highest BCUT2D eigenvalue weighted by Gasteiger charge is 2.21. The van der Waals surface area contributed by atoms with Crippen LogP contribution in [0.2, 0.25) is 0 Å². The molecule has 0 amide bonds. The van der Waals surface area contributed by atoms with Crippen molar-refractivity contribution in [3.05, 3.63) is 18.2 Å². The molecule has 1 fully saturated rings. The minimum Gasteiger partial charge on any atom is -0.329 e. The van der Waals surface area contributed by atoms with Gasteiger partial charge in [-0.3, -0.25) is 0 Å². The first kappa shape index (κ1) is 13.6. The number of nitrogens with one attached hydrogen (secondary N) is 1. The van der Waals surface area contributed by atoms with E-state index in [0.717, 1.165) is 13.1 Å². The second-order valence-electron chi connectivity index (χ2n) is 5.52. The van der Waals surface area contributed by atoms with E-state index in [1.165, 1.54) is 31.6 Å². The number of piperidine rings is 1. The summed E-state index contributed by atoms with van der Waals surface area (Å²) < 4.78 is 2.37. The molecule has 0 spiro atoms. The van der Waals surface area contributed by atoms with E-state index in [9.17, 15) is 0 Å². The van der Waals surface area contributed by atoms with Gasteiger partial charge in [0.15, 0.2) is 0 Å². The molecule has 2 rings (SSSR count). The van der Waals surface area contributed by atoms with Crippen LogP contribution in [0.25, 0.3) is 0 Å². The van der Waals surface area contributed by atoms with E-state index in [0.29, 0.717) is 12.1 Å². The van der Waals surface area contributed by atoms with Crippen molar-refractivity contribution in [2.45, 2.75) is 52.2 Å². The third-order valence-corrected chi connectivity index (χ3v) is 3.76. The molecule has 0 saturated carbocycles. The summed E-state index contributed by atoms with van der Waals surface area (Å²) in [4.78, 5) is 6.87. The summed E-state index contributed by atoms with van der Waals surface area (Å²) in [7, 11) is 0. The lowest BCUT2D eigenvalue weighted by Crippen LogP contribution is -2.37. The van der Waals surface area contributed by atoms with Crippen LogP contribution in [0, 0.1) is 0 Å². The van der Waals surface area contributed by atoms with E-state index in [1.54, 1.807) is 0 Å². The van der Waals surface area contributed by atoms with Gasteiger partial charge >= 0.3 is 0 Å². The topological polar surface area (TPSA) is 33.1 Å². The number of aromatic nitrogens is 2. The number of hydrogen-bond donors (Lipinski definition) is 1. The van der Waals surface area contributed by atoms with Crippen molar-refractivity contribution in [1.29, 1.82) is 0 Å². The fourth-order valence-electron chi connectivity index (χ4n) is 2.65. The Bertz CT molecular complexity index is 358. The van der Waals surface area contributed by atoms with Gasteiger partial charge < -0.3 is 14.8 Å². The summed E-state index contributed by atoms with van der Waals surface area (Å²) in [6.07, 6.45) is 6.58. The molecule has 1 unspecified atom stereocenters. The van der Waals surface area contributed by atoms with Gasteiger partial charge in [-0.25, -0.2) is 4.98 Å². The standard InChI is InChI=1S/C14H26N4/c1-4-17-7-5-6-13(10-17)18-11-15-8-14(18)9-16-12(2)3/h8,11-13,16H,4-7,9-10H2,1-3H3. The smallest absolute Gasteiger partial charge is 0.0951 e. The van der Waals surface area contributed by atoms with Crippen molar-refractivity contribution in [2.75, 3.05) is 19.6 Å². The fourth-order valence-corrected chi connectivity index (χ4v) is 2.65. The molecule has 1 saturated heterocycles. The van der Waals surface area contributed by atoms with Crippen LogP contribution in [-0.2, 0) is 6.54 Å². The largest absolute Gasteiger partial charge is 0.329 e. The van der Waals surface area contributed by atoms with E-state index < -0.39 is 0 Å². The molecule has 4 nitrogen and oxygen atoms in total. The third-order valence-electron chi connectivity index (χ3n) is 3.76. The summed E-state index contributed by atoms with van der Waals surface area (Å²) in [5.41, 5.74) is 1.31.